The summed E-state index contributed by atoms with van der Waals surface area (Å²) in [5, 5.41) is 0.507. The number of pyridine rings is 1. The van der Waals surface area contributed by atoms with E-state index in [0.717, 1.165) is 31.7 Å². The molecule has 0 aromatic carbocycles. The zero-order valence-corrected chi connectivity index (χ0v) is 11.5. The summed E-state index contributed by atoms with van der Waals surface area (Å²) in [4.78, 5) is 6.59. The quantitative estimate of drug-likeness (QED) is 0.755. The molecule has 0 aliphatic heterocycles. The highest BCUT2D eigenvalue weighted by Gasteiger charge is 2.11. The van der Waals surface area contributed by atoms with Gasteiger partial charge in [-0.05, 0) is 25.0 Å². The molecule has 0 fully saturated rings. The van der Waals surface area contributed by atoms with Crippen molar-refractivity contribution >= 4 is 23.1 Å². The zero-order chi connectivity index (χ0) is 12.7. The van der Waals surface area contributed by atoms with Gasteiger partial charge in [0, 0.05) is 13.1 Å². The Hall–Kier alpha value is -0.960. The Morgan fingerprint density at radius 2 is 1.76 bits per heavy atom. The molecular formula is C13H22ClN3. The van der Waals surface area contributed by atoms with Crippen LogP contribution in [0.15, 0.2) is 12.1 Å². The van der Waals surface area contributed by atoms with Gasteiger partial charge in [-0.2, -0.15) is 0 Å². The number of aromatic nitrogens is 1. The second kappa shape index (κ2) is 7.38. The fraction of sp³-hybridized carbons (Fsp3) is 0.615. The predicted octanol–water partition coefficient (Wildman–Crippen LogP) is 3.72. The van der Waals surface area contributed by atoms with E-state index in [0.29, 0.717) is 10.8 Å². The average Bonchev–Trinajstić information content (AvgIpc) is 2.33. The molecule has 3 nitrogen and oxygen atoms in total. The molecule has 1 aromatic rings. The monoisotopic (exact) mass is 255 g/mol. The Morgan fingerprint density at radius 3 is 2.29 bits per heavy atom. The normalized spacial score (nSPS) is 10.5. The topological polar surface area (TPSA) is 42.2 Å². The van der Waals surface area contributed by atoms with E-state index in [1.807, 2.05) is 6.07 Å². The molecule has 1 aromatic heterocycles. The standard InChI is InChI=1S/C13H22ClN3/c1-3-5-9-17(10-6-4-2)13-11(15)7-8-12(14)16-13/h7-8H,3-6,9-10,15H2,1-2H3. The van der Waals surface area contributed by atoms with Gasteiger partial charge in [0.25, 0.3) is 0 Å². The first-order chi connectivity index (χ1) is 8.19. The molecule has 0 unspecified atom stereocenters. The van der Waals surface area contributed by atoms with Crippen LogP contribution in [0.3, 0.4) is 0 Å². The van der Waals surface area contributed by atoms with Crippen molar-refractivity contribution in [2.75, 3.05) is 23.7 Å². The molecule has 0 saturated carbocycles. The van der Waals surface area contributed by atoms with Crippen LogP contribution in [0.1, 0.15) is 39.5 Å². The van der Waals surface area contributed by atoms with Gasteiger partial charge in [-0.3, -0.25) is 0 Å². The maximum atomic E-state index is 5.97. The van der Waals surface area contributed by atoms with Gasteiger partial charge in [-0.15, -0.1) is 0 Å². The van der Waals surface area contributed by atoms with E-state index in [-0.39, 0.29) is 0 Å². The lowest BCUT2D eigenvalue weighted by atomic mass is 10.2. The van der Waals surface area contributed by atoms with E-state index in [2.05, 4.69) is 23.7 Å². The number of hydrogen-bond donors (Lipinski definition) is 1. The third-order valence-electron chi connectivity index (χ3n) is 2.73. The lowest BCUT2D eigenvalue weighted by molar-refractivity contribution is 0.672. The van der Waals surface area contributed by atoms with Crippen LogP contribution in [0.25, 0.3) is 0 Å². The van der Waals surface area contributed by atoms with Crippen LogP contribution in [-0.4, -0.2) is 18.1 Å². The van der Waals surface area contributed by atoms with Crippen molar-refractivity contribution in [3.05, 3.63) is 17.3 Å². The fourth-order valence-corrected chi connectivity index (χ4v) is 1.85. The van der Waals surface area contributed by atoms with Crippen LogP contribution in [0.2, 0.25) is 5.15 Å². The summed E-state index contributed by atoms with van der Waals surface area (Å²) >= 11 is 5.94. The lowest BCUT2D eigenvalue weighted by Gasteiger charge is -2.24. The fourth-order valence-electron chi connectivity index (χ4n) is 1.71. The number of halogens is 1. The van der Waals surface area contributed by atoms with Gasteiger partial charge >= 0.3 is 0 Å². The first-order valence-corrected chi connectivity index (χ1v) is 6.73. The van der Waals surface area contributed by atoms with Gasteiger partial charge in [0.1, 0.15) is 5.15 Å². The third kappa shape index (κ3) is 4.43. The van der Waals surface area contributed by atoms with Gasteiger partial charge in [-0.25, -0.2) is 4.98 Å². The molecule has 0 aliphatic carbocycles. The van der Waals surface area contributed by atoms with Crippen LogP contribution < -0.4 is 10.6 Å². The summed E-state index contributed by atoms with van der Waals surface area (Å²) in [6.45, 7) is 6.36. The number of unbranched alkanes of at least 4 members (excludes halogenated alkanes) is 2. The molecule has 0 saturated heterocycles. The molecule has 0 amide bonds. The van der Waals surface area contributed by atoms with E-state index >= 15 is 0 Å². The second-order valence-electron chi connectivity index (χ2n) is 4.24. The van der Waals surface area contributed by atoms with Crippen LogP contribution >= 0.6 is 11.6 Å². The van der Waals surface area contributed by atoms with Gasteiger partial charge in [0.15, 0.2) is 5.82 Å². The maximum Gasteiger partial charge on any atom is 0.153 e. The Balaban J connectivity index is 2.82. The van der Waals surface area contributed by atoms with E-state index in [1.165, 1.54) is 12.8 Å². The number of nitrogens with zero attached hydrogens (tertiary/aromatic N) is 2. The summed E-state index contributed by atoms with van der Waals surface area (Å²) in [5.74, 6) is 0.833. The summed E-state index contributed by atoms with van der Waals surface area (Å²) in [5.41, 5.74) is 6.68. The van der Waals surface area contributed by atoms with E-state index < -0.39 is 0 Å². The number of hydrogen-bond acceptors (Lipinski definition) is 3. The van der Waals surface area contributed by atoms with Crippen LogP contribution in [0.4, 0.5) is 11.5 Å². The number of nitrogen functional groups attached to an aromatic ring is 1. The minimum Gasteiger partial charge on any atom is -0.396 e. The van der Waals surface area contributed by atoms with Crippen molar-refractivity contribution in [1.82, 2.24) is 4.98 Å². The molecule has 96 valence electrons. The van der Waals surface area contributed by atoms with Crippen molar-refractivity contribution in [1.29, 1.82) is 0 Å². The minimum absolute atomic E-state index is 0.507. The minimum atomic E-state index is 0.507. The van der Waals surface area contributed by atoms with Gasteiger partial charge < -0.3 is 10.6 Å². The van der Waals surface area contributed by atoms with Crippen molar-refractivity contribution < 1.29 is 0 Å². The molecule has 0 atom stereocenters. The summed E-state index contributed by atoms with van der Waals surface area (Å²) in [6, 6.07) is 3.56. The third-order valence-corrected chi connectivity index (χ3v) is 2.94. The summed E-state index contributed by atoms with van der Waals surface area (Å²) in [6.07, 6.45) is 4.64. The molecule has 2 N–H and O–H groups in total. The Bertz CT molecular complexity index is 333. The van der Waals surface area contributed by atoms with Crippen molar-refractivity contribution in [3.63, 3.8) is 0 Å². The highest BCUT2D eigenvalue weighted by atomic mass is 35.5. The maximum absolute atomic E-state index is 5.97. The Labute approximate surface area is 109 Å². The summed E-state index contributed by atoms with van der Waals surface area (Å²) in [7, 11) is 0. The highest BCUT2D eigenvalue weighted by Crippen LogP contribution is 2.23. The zero-order valence-electron chi connectivity index (χ0n) is 10.7. The van der Waals surface area contributed by atoms with E-state index in [9.17, 15) is 0 Å². The van der Waals surface area contributed by atoms with Crippen molar-refractivity contribution in [3.8, 4) is 0 Å². The van der Waals surface area contributed by atoms with Gasteiger partial charge in [0.05, 0.1) is 5.69 Å². The van der Waals surface area contributed by atoms with Crippen LogP contribution in [0, 0.1) is 0 Å². The number of anilines is 2. The first kappa shape index (κ1) is 14.1. The number of nitrogens with two attached hydrogens (primary N) is 1. The molecule has 1 heterocycles. The van der Waals surface area contributed by atoms with E-state index in [1.54, 1.807) is 6.07 Å². The molecule has 1 rings (SSSR count). The Morgan fingerprint density at radius 1 is 1.18 bits per heavy atom. The second-order valence-corrected chi connectivity index (χ2v) is 4.63. The SMILES string of the molecule is CCCCN(CCCC)c1nc(Cl)ccc1N. The largest absolute Gasteiger partial charge is 0.396 e. The average molecular weight is 256 g/mol. The molecule has 17 heavy (non-hydrogen) atoms. The highest BCUT2D eigenvalue weighted by molar-refractivity contribution is 6.29. The van der Waals surface area contributed by atoms with Crippen molar-refractivity contribution in [2.45, 2.75) is 39.5 Å². The van der Waals surface area contributed by atoms with Gasteiger partial charge in [0.2, 0.25) is 0 Å². The molecule has 0 aliphatic rings. The molecule has 0 radical (unpaired) electrons. The first-order valence-electron chi connectivity index (χ1n) is 6.36. The molecular weight excluding hydrogens is 234 g/mol. The predicted molar refractivity (Wildman–Crippen MR) is 75.7 cm³/mol. The smallest absolute Gasteiger partial charge is 0.153 e. The Kier molecular flexibility index (Phi) is 6.12. The molecule has 4 heteroatoms. The molecule has 0 bridgehead atoms. The molecule has 0 spiro atoms. The van der Waals surface area contributed by atoms with Crippen molar-refractivity contribution in [2.24, 2.45) is 0 Å². The van der Waals surface area contributed by atoms with E-state index in [4.69, 9.17) is 17.3 Å². The van der Waals surface area contributed by atoms with Gasteiger partial charge in [-0.1, -0.05) is 38.3 Å². The van der Waals surface area contributed by atoms with Crippen LogP contribution in [0.5, 0.6) is 0 Å². The number of rotatable bonds is 7. The lowest BCUT2D eigenvalue weighted by Crippen LogP contribution is -2.27. The summed E-state index contributed by atoms with van der Waals surface area (Å²) < 4.78 is 0. The van der Waals surface area contributed by atoms with Crippen LogP contribution in [-0.2, 0) is 0 Å².